The van der Waals surface area contributed by atoms with Crippen LogP contribution in [0.2, 0.25) is 0 Å². The molecule has 1 amide bonds. The minimum Gasteiger partial charge on any atom is -0.361 e. The fourth-order valence-electron chi connectivity index (χ4n) is 5.98. The minimum absolute atomic E-state index is 0.0294. The number of aromatic amines is 1. The monoisotopic (exact) mass is 391 g/mol. The molecule has 1 fully saturated rings. The number of hydrogen-bond donors (Lipinski definition) is 1. The van der Waals surface area contributed by atoms with Gasteiger partial charge in [-0.15, -0.1) is 0 Å². The number of rotatable bonds is 5. The summed E-state index contributed by atoms with van der Waals surface area (Å²) in [6.07, 6.45) is 11.0. The summed E-state index contributed by atoms with van der Waals surface area (Å²) >= 11 is 0. The number of nitrogens with zero attached hydrogens (tertiary/aromatic N) is 2. The molecule has 2 aromatic rings. The fourth-order valence-corrected chi connectivity index (χ4v) is 5.98. The van der Waals surface area contributed by atoms with Crippen molar-refractivity contribution in [1.82, 2.24) is 14.8 Å². The maximum Gasteiger partial charge on any atom is 0.230 e. The van der Waals surface area contributed by atoms with Crippen LogP contribution in [0.5, 0.6) is 0 Å². The summed E-state index contributed by atoms with van der Waals surface area (Å²) in [5.41, 5.74) is 5.37. The van der Waals surface area contributed by atoms with E-state index in [1.165, 1.54) is 53.3 Å². The summed E-state index contributed by atoms with van der Waals surface area (Å²) in [6.45, 7) is 7.76. The predicted molar refractivity (Wildman–Crippen MR) is 119 cm³/mol. The smallest absolute Gasteiger partial charge is 0.230 e. The van der Waals surface area contributed by atoms with E-state index in [-0.39, 0.29) is 5.92 Å². The topological polar surface area (TPSA) is 39.3 Å². The quantitative estimate of drug-likeness (QED) is 0.817. The van der Waals surface area contributed by atoms with Crippen LogP contribution in [0.3, 0.4) is 0 Å². The van der Waals surface area contributed by atoms with E-state index >= 15 is 0 Å². The molecular weight excluding hydrogens is 358 g/mol. The van der Waals surface area contributed by atoms with Crippen molar-refractivity contribution in [3.8, 4) is 0 Å². The van der Waals surface area contributed by atoms with Crippen molar-refractivity contribution in [2.75, 3.05) is 26.2 Å². The van der Waals surface area contributed by atoms with Crippen molar-refractivity contribution < 1.29 is 4.79 Å². The predicted octanol–water partition coefficient (Wildman–Crippen LogP) is 4.47. The van der Waals surface area contributed by atoms with Gasteiger partial charge in [-0.25, -0.2) is 0 Å². The van der Waals surface area contributed by atoms with Gasteiger partial charge in [-0.2, -0.15) is 0 Å². The van der Waals surface area contributed by atoms with E-state index in [1.54, 1.807) is 0 Å². The molecule has 3 aliphatic rings. The van der Waals surface area contributed by atoms with Crippen LogP contribution in [0.15, 0.2) is 30.5 Å². The first-order chi connectivity index (χ1) is 14.2. The number of hydrogen-bond acceptors (Lipinski definition) is 2. The lowest BCUT2D eigenvalue weighted by Gasteiger charge is -2.43. The summed E-state index contributed by atoms with van der Waals surface area (Å²) in [7, 11) is 0. The van der Waals surface area contributed by atoms with Gasteiger partial charge in [0.25, 0.3) is 0 Å². The summed E-state index contributed by atoms with van der Waals surface area (Å²) in [5, 5.41) is 1.37. The first-order valence-electron chi connectivity index (χ1n) is 11.5. The van der Waals surface area contributed by atoms with Gasteiger partial charge in [0, 0.05) is 49.3 Å². The summed E-state index contributed by atoms with van der Waals surface area (Å²) in [6, 6.07) is 6.99. The molecule has 2 heterocycles. The Bertz CT molecular complexity index is 933. The van der Waals surface area contributed by atoms with E-state index in [0.717, 1.165) is 38.5 Å². The van der Waals surface area contributed by atoms with E-state index in [1.807, 2.05) is 4.90 Å². The SMILES string of the molecule is CCN(CC)C(=O)[C@H]1C=C2c3cccc4[nH]cc(c34)C[C@H]2N(CC2CCCC2)C1. The Morgan fingerprint density at radius 1 is 1.21 bits per heavy atom. The second-order valence-corrected chi connectivity index (χ2v) is 9.11. The zero-order valence-electron chi connectivity index (χ0n) is 17.8. The Morgan fingerprint density at radius 3 is 2.76 bits per heavy atom. The molecule has 29 heavy (non-hydrogen) atoms. The third kappa shape index (κ3) is 3.22. The standard InChI is InChI=1S/C25H33N3O/c1-3-27(4-2)25(29)19-12-21-20-10-7-11-22-24(20)18(14-26-22)13-23(21)28(16-19)15-17-8-5-6-9-17/h7,10-12,14,17,19,23,26H,3-6,8-9,13,15-16H2,1-2H3/t19-,23+/m0/s1. The lowest BCUT2D eigenvalue weighted by molar-refractivity contribution is -0.134. The van der Waals surface area contributed by atoms with Gasteiger partial charge < -0.3 is 9.88 Å². The number of carbonyl (C=O) groups is 1. The number of nitrogens with one attached hydrogen (secondary N) is 1. The zero-order valence-corrected chi connectivity index (χ0v) is 17.8. The molecule has 1 aliphatic heterocycles. The number of benzene rings is 1. The number of carbonyl (C=O) groups excluding carboxylic acids is 1. The Kier molecular flexibility index (Phi) is 4.99. The summed E-state index contributed by atoms with van der Waals surface area (Å²) < 4.78 is 0. The van der Waals surface area contributed by atoms with Gasteiger partial charge >= 0.3 is 0 Å². The third-order valence-corrected chi connectivity index (χ3v) is 7.48. The van der Waals surface area contributed by atoms with Gasteiger partial charge in [0.15, 0.2) is 0 Å². The van der Waals surface area contributed by atoms with Crippen LogP contribution in [0.1, 0.15) is 50.7 Å². The molecule has 4 heteroatoms. The molecule has 154 valence electrons. The Balaban J connectivity index is 1.55. The number of aromatic nitrogens is 1. The van der Waals surface area contributed by atoms with E-state index in [4.69, 9.17) is 0 Å². The second kappa shape index (κ2) is 7.64. The Hall–Kier alpha value is -2.07. The van der Waals surface area contributed by atoms with Crippen LogP contribution in [-0.2, 0) is 11.2 Å². The van der Waals surface area contributed by atoms with Gasteiger partial charge in [-0.05, 0) is 61.8 Å². The second-order valence-electron chi connectivity index (χ2n) is 9.11. The molecule has 1 saturated carbocycles. The zero-order chi connectivity index (χ0) is 20.0. The molecule has 2 atom stereocenters. The number of H-pyrrole nitrogens is 1. The highest BCUT2D eigenvalue weighted by Crippen LogP contribution is 2.42. The first kappa shape index (κ1) is 18.9. The average Bonchev–Trinajstić information content (AvgIpc) is 3.40. The normalized spacial score (nSPS) is 24.6. The van der Waals surface area contributed by atoms with Gasteiger partial charge in [-0.1, -0.05) is 31.1 Å². The molecule has 1 aromatic heterocycles. The van der Waals surface area contributed by atoms with Gasteiger partial charge in [-0.3, -0.25) is 9.69 Å². The van der Waals surface area contributed by atoms with Crippen LogP contribution in [0.25, 0.3) is 16.5 Å². The van der Waals surface area contributed by atoms with E-state index in [9.17, 15) is 4.79 Å². The van der Waals surface area contributed by atoms with E-state index < -0.39 is 0 Å². The van der Waals surface area contributed by atoms with Crippen molar-refractivity contribution in [2.24, 2.45) is 11.8 Å². The molecule has 0 unspecified atom stereocenters. The van der Waals surface area contributed by atoms with Crippen LogP contribution in [0.4, 0.5) is 0 Å². The molecule has 0 saturated heterocycles. The van der Waals surface area contributed by atoms with Crippen molar-refractivity contribution in [1.29, 1.82) is 0 Å². The molecule has 2 aliphatic carbocycles. The van der Waals surface area contributed by atoms with Crippen molar-refractivity contribution in [3.05, 3.63) is 41.6 Å². The molecule has 4 nitrogen and oxygen atoms in total. The lowest BCUT2D eigenvalue weighted by atomic mass is 9.79. The van der Waals surface area contributed by atoms with Crippen LogP contribution in [0, 0.1) is 11.8 Å². The largest absolute Gasteiger partial charge is 0.361 e. The van der Waals surface area contributed by atoms with Gasteiger partial charge in [0.1, 0.15) is 0 Å². The summed E-state index contributed by atoms with van der Waals surface area (Å²) in [4.78, 5) is 21.4. The van der Waals surface area contributed by atoms with Gasteiger partial charge in [0.2, 0.25) is 5.91 Å². The van der Waals surface area contributed by atoms with E-state index in [2.05, 4.69) is 54.2 Å². The maximum absolute atomic E-state index is 13.3. The highest BCUT2D eigenvalue weighted by molar-refractivity contribution is 5.99. The van der Waals surface area contributed by atoms with Crippen molar-refractivity contribution in [3.63, 3.8) is 0 Å². The number of fused-ring (bicyclic) bond motifs is 2. The first-order valence-corrected chi connectivity index (χ1v) is 11.5. The molecule has 0 spiro atoms. The molecule has 0 radical (unpaired) electrons. The molecule has 5 rings (SSSR count). The van der Waals surface area contributed by atoms with Crippen LogP contribution < -0.4 is 0 Å². The number of amides is 1. The highest BCUT2D eigenvalue weighted by atomic mass is 16.2. The molecule has 1 N–H and O–H groups in total. The van der Waals surface area contributed by atoms with Crippen molar-refractivity contribution in [2.45, 2.75) is 52.0 Å². The average molecular weight is 392 g/mol. The van der Waals surface area contributed by atoms with Crippen LogP contribution in [-0.4, -0.2) is 52.9 Å². The van der Waals surface area contributed by atoms with Gasteiger partial charge in [0.05, 0.1) is 5.92 Å². The van der Waals surface area contributed by atoms with Crippen molar-refractivity contribution >= 4 is 22.4 Å². The minimum atomic E-state index is -0.0294. The fraction of sp³-hybridized carbons (Fsp3) is 0.560. The molecule has 0 bridgehead atoms. The molecule has 1 aromatic carbocycles. The van der Waals surface area contributed by atoms with E-state index in [0.29, 0.717) is 11.9 Å². The Labute approximate surface area is 174 Å². The highest BCUT2D eigenvalue weighted by Gasteiger charge is 2.39. The Morgan fingerprint density at radius 2 is 2.00 bits per heavy atom. The lowest BCUT2D eigenvalue weighted by Crippen LogP contribution is -2.50. The maximum atomic E-state index is 13.3. The third-order valence-electron chi connectivity index (χ3n) is 7.48. The molecular formula is C25H33N3O. The summed E-state index contributed by atoms with van der Waals surface area (Å²) in [5.74, 6) is 1.06. The van der Waals surface area contributed by atoms with Crippen LogP contribution >= 0.6 is 0 Å².